The average Bonchev–Trinajstić information content (AvgIpc) is 2.33. The van der Waals surface area contributed by atoms with E-state index in [-0.39, 0.29) is 5.30 Å². The fourth-order valence-corrected chi connectivity index (χ4v) is 2.40. The van der Waals surface area contributed by atoms with Crippen molar-refractivity contribution in [3.8, 4) is 5.75 Å². The van der Waals surface area contributed by atoms with Crippen LogP contribution in [0, 0.1) is 0 Å². The van der Waals surface area contributed by atoms with E-state index in [1.165, 1.54) is 0 Å². The van der Waals surface area contributed by atoms with Crippen molar-refractivity contribution in [2.75, 3.05) is 5.73 Å². The molecule has 3 N–H and O–H groups in total. The summed E-state index contributed by atoms with van der Waals surface area (Å²) >= 11 is 0. The first-order valence-electron chi connectivity index (χ1n) is 5.01. The van der Waals surface area contributed by atoms with Crippen molar-refractivity contribution < 1.29 is 14.0 Å². The molecule has 1 atom stereocenters. The van der Waals surface area contributed by atoms with Gasteiger partial charge in [-0.2, -0.15) is 0 Å². The van der Waals surface area contributed by atoms with Crippen molar-refractivity contribution in [3.05, 3.63) is 54.6 Å². The Balaban J connectivity index is 2.23. The molecule has 0 fully saturated rings. The van der Waals surface area contributed by atoms with E-state index in [0.717, 1.165) is 0 Å². The molecular formula is C12H12NO3P. The van der Waals surface area contributed by atoms with E-state index in [4.69, 9.17) is 10.3 Å². The standard InChI is InChI=1S/C12H12NO3P/c13-10-6-8-11(9-7-10)16-17(14,15)12-4-2-1-3-5-12/h1-9H,13H2,(H,14,15). The number of nitrogen functional groups attached to an aromatic ring is 1. The van der Waals surface area contributed by atoms with Gasteiger partial charge in [0, 0.05) is 5.69 Å². The number of hydrogen-bond donors (Lipinski definition) is 2. The monoisotopic (exact) mass is 249 g/mol. The minimum absolute atomic E-state index is 0.261. The number of hydrogen-bond acceptors (Lipinski definition) is 3. The Labute approximate surface area is 99.2 Å². The van der Waals surface area contributed by atoms with E-state index in [9.17, 15) is 9.46 Å². The van der Waals surface area contributed by atoms with E-state index in [2.05, 4.69) is 0 Å². The number of rotatable bonds is 3. The van der Waals surface area contributed by atoms with Crippen molar-refractivity contribution in [1.82, 2.24) is 0 Å². The van der Waals surface area contributed by atoms with E-state index >= 15 is 0 Å². The molecule has 5 heteroatoms. The second kappa shape index (κ2) is 4.62. The highest BCUT2D eigenvalue weighted by Crippen LogP contribution is 2.41. The molecule has 17 heavy (non-hydrogen) atoms. The molecule has 0 aliphatic rings. The Hall–Kier alpha value is -1.77. The van der Waals surface area contributed by atoms with Gasteiger partial charge in [0.1, 0.15) is 5.75 Å². The lowest BCUT2D eigenvalue weighted by Gasteiger charge is -2.13. The second-order valence-electron chi connectivity index (χ2n) is 3.52. The van der Waals surface area contributed by atoms with Gasteiger partial charge in [0.2, 0.25) is 0 Å². The average molecular weight is 249 g/mol. The third-order valence-electron chi connectivity index (χ3n) is 2.19. The molecule has 2 aromatic carbocycles. The lowest BCUT2D eigenvalue weighted by Crippen LogP contribution is -2.08. The van der Waals surface area contributed by atoms with Crippen molar-refractivity contribution >= 4 is 18.6 Å². The number of benzene rings is 2. The minimum Gasteiger partial charge on any atom is -0.421 e. The summed E-state index contributed by atoms with van der Waals surface area (Å²) in [6.45, 7) is 0. The van der Waals surface area contributed by atoms with Crippen LogP contribution in [0.1, 0.15) is 0 Å². The summed E-state index contributed by atoms with van der Waals surface area (Å²) in [6.07, 6.45) is 0. The Morgan fingerprint density at radius 1 is 1.00 bits per heavy atom. The molecular weight excluding hydrogens is 237 g/mol. The molecule has 0 saturated carbocycles. The third kappa shape index (κ3) is 2.87. The van der Waals surface area contributed by atoms with Crippen molar-refractivity contribution in [2.45, 2.75) is 0 Å². The van der Waals surface area contributed by atoms with Gasteiger partial charge in [-0.25, -0.2) is 4.57 Å². The van der Waals surface area contributed by atoms with Crippen LogP contribution in [0.3, 0.4) is 0 Å². The molecule has 0 bridgehead atoms. The lowest BCUT2D eigenvalue weighted by atomic mass is 10.3. The SMILES string of the molecule is Nc1ccc(OP(=O)(O)c2ccccc2)cc1. The summed E-state index contributed by atoms with van der Waals surface area (Å²) in [4.78, 5) is 9.81. The highest BCUT2D eigenvalue weighted by Gasteiger charge is 2.23. The van der Waals surface area contributed by atoms with Crippen LogP contribution in [0.25, 0.3) is 0 Å². The topological polar surface area (TPSA) is 72.5 Å². The molecule has 0 amide bonds. The molecule has 0 heterocycles. The van der Waals surface area contributed by atoms with Crippen molar-refractivity contribution in [1.29, 1.82) is 0 Å². The first kappa shape index (κ1) is 11.7. The minimum atomic E-state index is -3.82. The first-order valence-corrected chi connectivity index (χ1v) is 6.59. The van der Waals surface area contributed by atoms with Crippen molar-refractivity contribution in [2.24, 2.45) is 0 Å². The molecule has 1 unspecified atom stereocenters. The molecule has 2 aromatic rings. The zero-order chi connectivity index (χ0) is 12.3. The van der Waals surface area contributed by atoms with Crippen LogP contribution in [-0.4, -0.2) is 4.89 Å². The molecule has 4 nitrogen and oxygen atoms in total. The normalized spacial score (nSPS) is 13.9. The molecule has 0 aliphatic carbocycles. The van der Waals surface area contributed by atoms with Crippen LogP contribution in [0.5, 0.6) is 5.75 Å². The summed E-state index contributed by atoms with van der Waals surface area (Å²) in [6, 6.07) is 14.6. The van der Waals surface area contributed by atoms with Gasteiger partial charge in [-0.15, -0.1) is 0 Å². The summed E-state index contributed by atoms with van der Waals surface area (Å²) in [5.74, 6) is 0.314. The van der Waals surface area contributed by atoms with Crippen LogP contribution in [-0.2, 0) is 4.57 Å². The summed E-state index contributed by atoms with van der Waals surface area (Å²) in [5, 5.41) is 0.261. The maximum Gasteiger partial charge on any atom is 0.408 e. The summed E-state index contributed by atoms with van der Waals surface area (Å²) < 4.78 is 17.1. The third-order valence-corrected chi connectivity index (χ3v) is 3.60. The molecule has 0 aromatic heterocycles. The maximum absolute atomic E-state index is 12.0. The smallest absolute Gasteiger partial charge is 0.408 e. The van der Waals surface area contributed by atoms with Crippen molar-refractivity contribution in [3.63, 3.8) is 0 Å². The van der Waals surface area contributed by atoms with Gasteiger partial charge in [0.25, 0.3) is 0 Å². The number of anilines is 1. The fourth-order valence-electron chi connectivity index (χ4n) is 1.34. The zero-order valence-electron chi connectivity index (χ0n) is 8.98. The Kier molecular flexibility index (Phi) is 3.18. The number of nitrogens with two attached hydrogens (primary N) is 1. The van der Waals surface area contributed by atoms with Gasteiger partial charge in [-0.05, 0) is 36.4 Å². The highest BCUT2D eigenvalue weighted by molar-refractivity contribution is 7.61. The molecule has 0 spiro atoms. The maximum atomic E-state index is 12.0. The van der Waals surface area contributed by atoms with Gasteiger partial charge in [-0.3, -0.25) is 0 Å². The fraction of sp³-hybridized carbons (Fsp3) is 0. The van der Waals surface area contributed by atoms with Gasteiger partial charge >= 0.3 is 7.60 Å². The zero-order valence-corrected chi connectivity index (χ0v) is 9.88. The Morgan fingerprint density at radius 2 is 1.59 bits per heavy atom. The van der Waals surface area contributed by atoms with Crippen LogP contribution in [0.15, 0.2) is 54.6 Å². The Bertz CT molecular complexity index is 539. The van der Waals surface area contributed by atoms with Gasteiger partial charge in [0.05, 0.1) is 5.30 Å². The van der Waals surface area contributed by atoms with Crippen LogP contribution in [0.4, 0.5) is 5.69 Å². The van der Waals surface area contributed by atoms with E-state index < -0.39 is 7.60 Å². The molecule has 88 valence electrons. The quantitative estimate of drug-likeness (QED) is 0.645. The van der Waals surface area contributed by atoms with Gasteiger partial charge in [-0.1, -0.05) is 18.2 Å². The van der Waals surface area contributed by atoms with Gasteiger partial charge in [0.15, 0.2) is 0 Å². The lowest BCUT2D eigenvalue weighted by molar-refractivity contribution is 0.393. The van der Waals surface area contributed by atoms with E-state index in [1.54, 1.807) is 54.6 Å². The molecule has 0 radical (unpaired) electrons. The molecule has 0 aliphatic heterocycles. The largest absolute Gasteiger partial charge is 0.421 e. The predicted molar refractivity (Wildman–Crippen MR) is 67.4 cm³/mol. The summed E-state index contributed by atoms with van der Waals surface area (Å²) in [7, 11) is -3.82. The van der Waals surface area contributed by atoms with E-state index in [0.29, 0.717) is 11.4 Å². The molecule has 2 rings (SSSR count). The Morgan fingerprint density at radius 3 is 2.18 bits per heavy atom. The van der Waals surface area contributed by atoms with Gasteiger partial charge < -0.3 is 15.2 Å². The van der Waals surface area contributed by atoms with Crippen LogP contribution < -0.4 is 15.6 Å². The predicted octanol–water partition coefficient (Wildman–Crippen LogP) is 2.16. The van der Waals surface area contributed by atoms with Crippen LogP contribution >= 0.6 is 7.60 Å². The highest BCUT2D eigenvalue weighted by atomic mass is 31.2. The second-order valence-corrected chi connectivity index (χ2v) is 5.26. The van der Waals surface area contributed by atoms with E-state index in [1.807, 2.05) is 0 Å². The molecule has 0 saturated heterocycles. The first-order chi connectivity index (χ1) is 8.08. The summed E-state index contributed by atoms with van der Waals surface area (Å²) in [5.41, 5.74) is 6.09. The van der Waals surface area contributed by atoms with Crippen LogP contribution in [0.2, 0.25) is 0 Å².